The first-order valence-electron chi connectivity index (χ1n) is 24.5. The van der Waals surface area contributed by atoms with Crippen molar-refractivity contribution < 1.29 is 44.4 Å². The van der Waals surface area contributed by atoms with Crippen molar-refractivity contribution >= 4 is 106 Å². The zero-order valence-corrected chi connectivity index (χ0v) is 50.9. The topological polar surface area (TPSA) is 166 Å². The summed E-state index contributed by atoms with van der Waals surface area (Å²) in [5.41, 5.74) is 2.57. The molecule has 0 unspecified atom stereocenters. The van der Waals surface area contributed by atoms with E-state index in [1.54, 1.807) is 62.0 Å². The number of aliphatic hydroxyl groups is 1. The van der Waals surface area contributed by atoms with E-state index in [2.05, 4.69) is 67.4 Å². The van der Waals surface area contributed by atoms with Crippen LogP contribution in [0, 0.1) is 0 Å². The smallest absolute Gasteiger partial charge is 0.444 e. The highest BCUT2D eigenvalue weighted by atomic mass is 35.5. The predicted molar refractivity (Wildman–Crippen MR) is 345 cm³/mol. The average Bonchev–Trinajstić information content (AvgIpc) is 4.23. The Morgan fingerprint density at radius 1 is 0.725 bits per heavy atom. The Kier molecular flexibility index (Phi) is 40.6. The lowest BCUT2D eigenvalue weighted by atomic mass is 9.75. The van der Waals surface area contributed by atoms with Crippen molar-refractivity contribution in [3.05, 3.63) is 129 Å². The molecular weight excluding hydrogens is 1160 g/mol. The molecule has 0 spiro atoms. The molecule has 14 nitrogen and oxygen atoms in total. The molecule has 0 radical (unpaired) electrons. The first-order chi connectivity index (χ1) is 35.1. The first kappa shape index (κ1) is 80.4. The summed E-state index contributed by atoms with van der Waals surface area (Å²) in [6.07, 6.45) is 16.9. The number of aromatic nitrogens is 3. The molecule has 2 N–H and O–H groups in total. The van der Waals surface area contributed by atoms with Gasteiger partial charge in [-0.15, -0.1) is 80.7 Å². The quantitative estimate of drug-likeness (QED) is 0.0655. The van der Waals surface area contributed by atoms with E-state index in [9.17, 15) is 14.4 Å². The Morgan fingerprint density at radius 3 is 1.51 bits per heavy atom. The molecule has 9 heterocycles. The maximum atomic E-state index is 12.1. The molecule has 2 amide bonds. The Labute approximate surface area is 511 Å². The zero-order chi connectivity index (χ0) is 54.2. The van der Waals surface area contributed by atoms with Gasteiger partial charge < -0.3 is 39.0 Å². The van der Waals surface area contributed by atoms with Gasteiger partial charge in [0.25, 0.3) is 0 Å². The van der Waals surface area contributed by atoms with Gasteiger partial charge in [-0.3, -0.25) is 9.50 Å². The normalized spacial score (nSPS) is 15.5. The molecule has 9 rings (SSSR count). The number of nitrogens with one attached hydrogen (secondary N) is 1. The van der Waals surface area contributed by atoms with Crippen LogP contribution in [0.4, 0.5) is 14.3 Å². The van der Waals surface area contributed by atoms with Crippen molar-refractivity contribution in [2.75, 3.05) is 39.3 Å². The Balaban J connectivity index is -0.000000456. The molecule has 1 saturated heterocycles. The minimum atomic E-state index is -0.465. The van der Waals surface area contributed by atoms with E-state index in [1.807, 2.05) is 97.4 Å². The molecule has 23 heteroatoms. The molecule has 5 aromatic rings. The molecule has 0 atom stereocenters. The van der Waals surface area contributed by atoms with Gasteiger partial charge in [0.15, 0.2) is 11.3 Å². The molecule has 4 aliphatic heterocycles. The third-order valence-corrected chi connectivity index (χ3v) is 15.7. The number of ether oxygens (including phenoxy) is 2. The Hall–Kier alpha value is -3.87. The summed E-state index contributed by atoms with van der Waals surface area (Å²) >= 11 is 13.4. The standard InChI is InChI=1S/C16H28BNO4.C15H21NO2S.C10H13NS.C4H4ClNS.C4H5NOS.C4H3NOS.4CH4.ClH.FH.H2/c1-14(2,3)20-13(19)18-10-8-12(9-11-18)17-21-15(4,5)16(6,7)22-17;1-15(2,3)18-14(17)16-8-6-12(7-9-16)11-13-5-4-10-19-13;1-2-10(12-7-1)8-9-3-5-11-6-4-9;5-3-4-6-1-2-7-4;2*6-3-4-5-1-2-7-4;;;;;;;/h8H,9-11H2,1-7H3;4-6,10H,7-9,11H2,1-3H3;1-3,7,11H,4-6,8H2;1-2H,3H2;1-2,6H,3H2;1-3H;4*1H4;3*1H/i;;;;;;;;;;;;1+1. The molecule has 0 saturated carbocycles. The van der Waals surface area contributed by atoms with Crippen LogP contribution >= 0.6 is 80.7 Å². The van der Waals surface area contributed by atoms with Crippen molar-refractivity contribution in [1.82, 2.24) is 30.1 Å². The molecule has 0 bridgehead atoms. The van der Waals surface area contributed by atoms with Crippen LogP contribution in [0.3, 0.4) is 0 Å². The van der Waals surface area contributed by atoms with Crippen molar-refractivity contribution in [2.24, 2.45) is 0 Å². The molecule has 0 aromatic carbocycles. The van der Waals surface area contributed by atoms with Gasteiger partial charge in [0, 0.05) is 91.5 Å². The van der Waals surface area contributed by atoms with Gasteiger partial charge in [-0.25, -0.2) is 24.5 Å². The number of halogens is 3. The number of alkyl halides is 1. The van der Waals surface area contributed by atoms with Crippen molar-refractivity contribution in [2.45, 2.75) is 166 Å². The number of carbonyl (C=O) groups is 3. The molecule has 4 aliphatic rings. The van der Waals surface area contributed by atoms with Crippen molar-refractivity contribution in [1.29, 1.82) is 0 Å². The number of nitrogens with zero attached hydrogens (tertiary/aromatic N) is 5. The van der Waals surface area contributed by atoms with Gasteiger partial charge in [-0.2, -0.15) is 0 Å². The summed E-state index contributed by atoms with van der Waals surface area (Å²) in [4.78, 5) is 51.5. The number of hydrogen-bond donors (Lipinski definition) is 2. The fourth-order valence-electron chi connectivity index (χ4n) is 6.80. The van der Waals surface area contributed by atoms with Crippen molar-refractivity contribution in [3.8, 4) is 0 Å². The maximum Gasteiger partial charge on any atom is 0.490 e. The minimum Gasteiger partial charge on any atom is -0.444 e. The number of amides is 2. The summed E-state index contributed by atoms with van der Waals surface area (Å²) in [6.45, 7) is 24.4. The van der Waals surface area contributed by atoms with Crippen LogP contribution in [0.15, 0.2) is 105 Å². The molecule has 454 valence electrons. The van der Waals surface area contributed by atoms with Gasteiger partial charge in [0.1, 0.15) is 21.2 Å². The highest BCUT2D eigenvalue weighted by molar-refractivity contribution is 7.11. The highest BCUT2D eigenvalue weighted by Gasteiger charge is 2.52. The second-order valence-electron chi connectivity index (χ2n) is 20.0. The SMILES string of the molecule is C.C.C.C.C1=C(Cc2cccs2)CCNC1.CC(C)(C)OC(=O)N1CC=C(B2OC(C)(C)C(C)(C)O2)CC1.CC(C)(C)OC(=O)N1CC=C(Cc2cccs2)CC1.Cl.ClCc1nccs1.F.O=Cc1nccs1.OCc1nccs1.[2HH]. The van der Waals surface area contributed by atoms with Crippen LogP contribution in [0.2, 0.25) is 0 Å². The lowest BCUT2D eigenvalue weighted by molar-refractivity contribution is 0.00578. The van der Waals surface area contributed by atoms with E-state index in [0.29, 0.717) is 30.5 Å². The van der Waals surface area contributed by atoms with Crippen molar-refractivity contribution in [3.63, 3.8) is 0 Å². The Bertz CT molecular complexity index is 2420. The van der Waals surface area contributed by atoms with Crippen LogP contribution in [0.1, 0.15) is 149 Å². The lowest BCUT2D eigenvalue weighted by Gasteiger charge is -2.32. The molecule has 5 aromatic heterocycles. The second-order valence-corrected chi connectivity index (χ2v) is 25.3. The fraction of sp³-hybridized carbons (Fsp3) is 0.544. The molecule has 80 heavy (non-hydrogen) atoms. The lowest BCUT2D eigenvalue weighted by Crippen LogP contribution is -2.41. The van der Waals surface area contributed by atoms with Gasteiger partial charge >= 0.3 is 19.3 Å². The monoisotopic (exact) mass is 1250 g/mol. The number of thiophene rings is 2. The summed E-state index contributed by atoms with van der Waals surface area (Å²) in [6, 6.07) is 8.58. The second kappa shape index (κ2) is 40.4. The fourth-order valence-corrected chi connectivity index (χ4v) is 9.95. The number of rotatable bonds is 8. The highest BCUT2D eigenvalue weighted by Crippen LogP contribution is 2.39. The molecular formula is C57H94BCl2FN6O8S5. The maximum absolute atomic E-state index is 12.1. The van der Waals surface area contributed by atoms with E-state index in [0.717, 1.165) is 60.7 Å². The van der Waals surface area contributed by atoms with E-state index in [4.69, 9.17) is 35.5 Å². The number of aldehydes is 1. The molecule has 1 fully saturated rings. The number of hydrogen-bond acceptors (Lipinski definition) is 17. The van der Waals surface area contributed by atoms with Crippen LogP contribution < -0.4 is 5.32 Å². The molecule has 0 aliphatic carbocycles. The summed E-state index contributed by atoms with van der Waals surface area (Å²) in [5.74, 6) is 0.539. The van der Waals surface area contributed by atoms with E-state index < -0.39 is 11.2 Å². The van der Waals surface area contributed by atoms with E-state index >= 15 is 0 Å². The van der Waals surface area contributed by atoms with Gasteiger partial charge in [-0.1, -0.05) is 71.2 Å². The summed E-state index contributed by atoms with van der Waals surface area (Å²) < 4.78 is 22.9. The Morgan fingerprint density at radius 2 is 1.20 bits per heavy atom. The third-order valence-electron chi connectivity index (χ3n) is 11.3. The first-order valence-corrected chi connectivity index (χ1v) is 29.4. The summed E-state index contributed by atoms with van der Waals surface area (Å²) in [7, 11) is -0.314. The van der Waals surface area contributed by atoms with Gasteiger partial charge in [0.05, 0.1) is 23.7 Å². The van der Waals surface area contributed by atoms with E-state index in [-0.39, 0.29) is 85.4 Å². The van der Waals surface area contributed by atoms with Crippen LogP contribution in [0.25, 0.3) is 0 Å². The third kappa shape index (κ3) is 30.4. The number of aliphatic hydroxyl groups excluding tert-OH is 1. The van der Waals surface area contributed by atoms with Gasteiger partial charge in [0.2, 0.25) is 0 Å². The zero-order valence-electron chi connectivity index (χ0n) is 45.3. The minimum absolute atomic E-state index is 0. The van der Waals surface area contributed by atoms with E-state index in [1.165, 1.54) is 50.8 Å². The van der Waals surface area contributed by atoms with Gasteiger partial charge in [-0.05, 0) is 123 Å². The van der Waals surface area contributed by atoms with Crippen LogP contribution in [-0.2, 0) is 44.1 Å². The average molecular weight is 1250 g/mol. The van der Waals surface area contributed by atoms with Crippen LogP contribution in [0.5, 0.6) is 0 Å². The van der Waals surface area contributed by atoms with Crippen LogP contribution in [-0.4, -0.2) is 117 Å². The summed E-state index contributed by atoms with van der Waals surface area (Å²) in [5, 5.41) is 23.8. The largest absolute Gasteiger partial charge is 0.490 e. The number of carbonyl (C=O) groups excluding carboxylic acids is 3. The predicted octanol–water partition coefficient (Wildman–Crippen LogP) is 16.1. The number of thiazole rings is 3.